The molecule has 0 saturated heterocycles. The first-order valence-corrected chi connectivity index (χ1v) is 7.62. The number of halogens is 1. The number of amides is 2. The first-order valence-electron chi connectivity index (χ1n) is 6.83. The molecule has 0 unspecified atom stereocenters. The minimum Gasteiger partial charge on any atom is -0.318 e. The largest absolute Gasteiger partial charge is 0.318 e. The number of rotatable bonds is 2. The molecule has 22 heavy (non-hydrogen) atoms. The van der Waals surface area contributed by atoms with Gasteiger partial charge < -0.3 is 10.6 Å². The molecule has 0 atom stereocenters. The molecular formula is C17H17BrN2O2. The van der Waals surface area contributed by atoms with Crippen molar-refractivity contribution in [3.63, 3.8) is 0 Å². The van der Waals surface area contributed by atoms with E-state index in [0.29, 0.717) is 11.4 Å². The Kier molecular flexibility index (Phi) is 4.98. The number of aryl methyl sites for hydroxylation is 2. The number of nitrogens with one attached hydrogen (secondary N) is 2. The van der Waals surface area contributed by atoms with Crippen molar-refractivity contribution in [2.24, 2.45) is 0 Å². The van der Waals surface area contributed by atoms with Crippen LogP contribution in [-0.2, 0) is 9.59 Å². The van der Waals surface area contributed by atoms with E-state index in [9.17, 15) is 9.59 Å². The average Bonchev–Trinajstić information content (AvgIpc) is 2.46. The smallest absolute Gasteiger partial charge is 0.314 e. The summed E-state index contributed by atoms with van der Waals surface area (Å²) in [5, 5.41) is 5.26. The molecule has 2 aromatic rings. The zero-order valence-corrected chi connectivity index (χ0v) is 14.2. The standard InChI is InChI=1S/C17H17BrN2O2/c1-10-5-4-6-15(12(10)3)20-17(22)16(21)19-14-8-7-13(18)9-11(14)2/h4-9H,1-3H3,(H,19,21)(H,20,22). The fourth-order valence-electron chi connectivity index (χ4n) is 2.01. The van der Waals surface area contributed by atoms with Crippen LogP contribution < -0.4 is 10.6 Å². The van der Waals surface area contributed by atoms with Crippen LogP contribution in [0.25, 0.3) is 0 Å². The molecule has 0 aliphatic carbocycles. The lowest BCUT2D eigenvalue weighted by atomic mass is 10.1. The van der Waals surface area contributed by atoms with Gasteiger partial charge in [0.15, 0.2) is 0 Å². The van der Waals surface area contributed by atoms with E-state index in [4.69, 9.17) is 0 Å². The Hall–Kier alpha value is -2.14. The summed E-state index contributed by atoms with van der Waals surface area (Å²) in [4.78, 5) is 24.0. The summed E-state index contributed by atoms with van der Waals surface area (Å²) in [5.41, 5.74) is 4.14. The second kappa shape index (κ2) is 6.75. The third kappa shape index (κ3) is 3.74. The van der Waals surface area contributed by atoms with Crippen molar-refractivity contribution in [3.8, 4) is 0 Å². The maximum absolute atomic E-state index is 12.0. The average molecular weight is 361 g/mol. The molecule has 0 bridgehead atoms. The van der Waals surface area contributed by atoms with Crippen LogP contribution in [0.3, 0.4) is 0 Å². The van der Waals surface area contributed by atoms with Crippen molar-refractivity contribution in [1.82, 2.24) is 0 Å². The highest BCUT2D eigenvalue weighted by atomic mass is 79.9. The summed E-state index contributed by atoms with van der Waals surface area (Å²) >= 11 is 3.36. The highest BCUT2D eigenvalue weighted by Gasteiger charge is 2.16. The van der Waals surface area contributed by atoms with Gasteiger partial charge in [-0.2, -0.15) is 0 Å². The minimum absolute atomic E-state index is 0.615. The molecule has 0 aliphatic rings. The Bertz CT molecular complexity index is 741. The minimum atomic E-state index is -0.689. The first kappa shape index (κ1) is 16.2. The van der Waals surface area contributed by atoms with Crippen molar-refractivity contribution in [2.45, 2.75) is 20.8 Å². The number of carbonyl (C=O) groups is 2. The summed E-state index contributed by atoms with van der Waals surface area (Å²) < 4.78 is 0.919. The number of hydrogen-bond donors (Lipinski definition) is 2. The predicted octanol–water partition coefficient (Wildman–Crippen LogP) is 3.95. The van der Waals surface area contributed by atoms with Crippen LogP contribution in [0.4, 0.5) is 11.4 Å². The Labute approximate surface area is 138 Å². The number of benzene rings is 2. The Morgan fingerprint density at radius 1 is 0.864 bits per heavy atom. The van der Waals surface area contributed by atoms with Crippen LogP contribution in [0.5, 0.6) is 0 Å². The lowest BCUT2D eigenvalue weighted by molar-refractivity contribution is -0.133. The van der Waals surface area contributed by atoms with Gasteiger partial charge in [0.25, 0.3) is 0 Å². The quantitative estimate of drug-likeness (QED) is 0.796. The molecule has 0 fully saturated rings. The van der Waals surface area contributed by atoms with Gasteiger partial charge in [0.2, 0.25) is 0 Å². The molecule has 4 nitrogen and oxygen atoms in total. The van der Waals surface area contributed by atoms with Gasteiger partial charge in [0.05, 0.1) is 0 Å². The van der Waals surface area contributed by atoms with Crippen molar-refractivity contribution in [3.05, 3.63) is 57.6 Å². The Morgan fingerprint density at radius 3 is 2.14 bits per heavy atom. The Balaban J connectivity index is 2.09. The Morgan fingerprint density at radius 2 is 1.50 bits per heavy atom. The van der Waals surface area contributed by atoms with Gasteiger partial charge in [0, 0.05) is 15.8 Å². The molecule has 0 radical (unpaired) electrons. The van der Waals surface area contributed by atoms with Gasteiger partial charge in [-0.25, -0.2) is 0 Å². The van der Waals surface area contributed by atoms with E-state index in [-0.39, 0.29) is 0 Å². The van der Waals surface area contributed by atoms with Gasteiger partial charge in [-0.1, -0.05) is 28.1 Å². The third-order valence-electron chi connectivity index (χ3n) is 3.50. The van der Waals surface area contributed by atoms with Crippen LogP contribution in [0, 0.1) is 20.8 Å². The molecular weight excluding hydrogens is 344 g/mol. The second-order valence-electron chi connectivity index (χ2n) is 5.11. The number of anilines is 2. The van der Waals surface area contributed by atoms with Gasteiger partial charge in [-0.05, 0) is 61.7 Å². The summed E-state index contributed by atoms with van der Waals surface area (Å²) in [6.07, 6.45) is 0. The molecule has 5 heteroatoms. The molecule has 114 valence electrons. The maximum atomic E-state index is 12.0. The summed E-state index contributed by atoms with van der Waals surface area (Å²) in [6, 6.07) is 11.0. The molecule has 2 rings (SSSR count). The van der Waals surface area contributed by atoms with Gasteiger partial charge in [-0.3, -0.25) is 9.59 Å². The molecule has 2 N–H and O–H groups in total. The van der Waals surface area contributed by atoms with E-state index in [1.54, 1.807) is 12.1 Å². The van der Waals surface area contributed by atoms with Gasteiger partial charge in [-0.15, -0.1) is 0 Å². The third-order valence-corrected chi connectivity index (χ3v) is 3.99. The van der Waals surface area contributed by atoms with Crippen LogP contribution >= 0.6 is 15.9 Å². The monoisotopic (exact) mass is 360 g/mol. The number of carbonyl (C=O) groups excluding carboxylic acids is 2. The van der Waals surface area contributed by atoms with Crippen LogP contribution in [0.1, 0.15) is 16.7 Å². The molecule has 2 aromatic carbocycles. The second-order valence-corrected chi connectivity index (χ2v) is 6.03. The zero-order chi connectivity index (χ0) is 16.3. The van der Waals surface area contributed by atoms with Crippen LogP contribution in [0.15, 0.2) is 40.9 Å². The summed E-state index contributed by atoms with van der Waals surface area (Å²) in [7, 11) is 0. The lowest BCUT2D eigenvalue weighted by Crippen LogP contribution is -2.29. The molecule has 2 amide bonds. The van der Waals surface area contributed by atoms with Crippen LogP contribution in [0.2, 0.25) is 0 Å². The van der Waals surface area contributed by atoms with Gasteiger partial charge >= 0.3 is 11.8 Å². The zero-order valence-electron chi connectivity index (χ0n) is 12.7. The van der Waals surface area contributed by atoms with E-state index in [1.807, 2.05) is 45.0 Å². The SMILES string of the molecule is Cc1cc(Br)ccc1NC(=O)C(=O)Nc1cccc(C)c1C. The predicted molar refractivity (Wildman–Crippen MR) is 92.1 cm³/mol. The summed E-state index contributed by atoms with van der Waals surface area (Å²) in [6.45, 7) is 5.72. The maximum Gasteiger partial charge on any atom is 0.314 e. The van der Waals surface area contributed by atoms with Crippen molar-refractivity contribution in [1.29, 1.82) is 0 Å². The molecule has 0 aromatic heterocycles. The fourth-order valence-corrected chi connectivity index (χ4v) is 2.49. The molecule has 0 aliphatic heterocycles. The topological polar surface area (TPSA) is 58.2 Å². The highest BCUT2D eigenvalue weighted by Crippen LogP contribution is 2.21. The molecule has 0 spiro atoms. The van der Waals surface area contributed by atoms with Crippen molar-refractivity contribution in [2.75, 3.05) is 10.6 Å². The van der Waals surface area contributed by atoms with Crippen LogP contribution in [-0.4, -0.2) is 11.8 Å². The highest BCUT2D eigenvalue weighted by molar-refractivity contribution is 9.10. The lowest BCUT2D eigenvalue weighted by Gasteiger charge is -2.11. The van der Waals surface area contributed by atoms with Crippen molar-refractivity contribution < 1.29 is 9.59 Å². The molecule has 0 saturated carbocycles. The van der Waals surface area contributed by atoms with E-state index < -0.39 is 11.8 Å². The van der Waals surface area contributed by atoms with E-state index in [2.05, 4.69) is 26.6 Å². The molecule has 0 heterocycles. The normalized spacial score (nSPS) is 10.2. The van der Waals surface area contributed by atoms with E-state index >= 15 is 0 Å². The van der Waals surface area contributed by atoms with Gasteiger partial charge in [0.1, 0.15) is 0 Å². The first-order chi connectivity index (χ1) is 10.4. The van der Waals surface area contributed by atoms with E-state index in [0.717, 1.165) is 21.2 Å². The number of hydrogen-bond acceptors (Lipinski definition) is 2. The summed E-state index contributed by atoms with van der Waals surface area (Å²) in [5.74, 6) is -1.37. The van der Waals surface area contributed by atoms with E-state index in [1.165, 1.54) is 0 Å². The van der Waals surface area contributed by atoms with Crippen molar-refractivity contribution >= 4 is 39.1 Å². The fraction of sp³-hybridized carbons (Fsp3) is 0.176.